The number of nitrogens with two attached hydrogens (primary N) is 1. The summed E-state index contributed by atoms with van der Waals surface area (Å²) in [6, 6.07) is 4.95. The summed E-state index contributed by atoms with van der Waals surface area (Å²) >= 11 is 7.71. The number of hydrogen-bond acceptors (Lipinski definition) is 2. The summed E-state index contributed by atoms with van der Waals surface area (Å²) < 4.78 is 13.2. The molecule has 2 rings (SSSR count). The second-order valence-electron chi connectivity index (χ2n) is 4.26. The SMILES string of the molecule is NCC1(Cc2ccc(F)c(Cl)c2)CCCS1. The Morgan fingerprint density at radius 1 is 1.50 bits per heavy atom. The molecule has 0 aliphatic carbocycles. The minimum Gasteiger partial charge on any atom is -0.329 e. The van der Waals surface area contributed by atoms with Gasteiger partial charge in [0.15, 0.2) is 0 Å². The zero-order valence-corrected chi connectivity index (χ0v) is 10.6. The molecule has 1 fully saturated rings. The molecule has 88 valence electrons. The van der Waals surface area contributed by atoms with Gasteiger partial charge < -0.3 is 5.73 Å². The van der Waals surface area contributed by atoms with E-state index in [0.717, 1.165) is 18.4 Å². The van der Waals surface area contributed by atoms with Gasteiger partial charge >= 0.3 is 0 Å². The predicted octanol–water partition coefficient (Wildman–Crippen LogP) is 3.25. The van der Waals surface area contributed by atoms with Crippen molar-refractivity contribution >= 4 is 23.4 Å². The summed E-state index contributed by atoms with van der Waals surface area (Å²) in [5.41, 5.74) is 6.93. The lowest BCUT2D eigenvalue weighted by molar-refractivity contribution is 0.563. The molecule has 1 aromatic carbocycles. The Bertz CT molecular complexity index is 377. The molecule has 2 N–H and O–H groups in total. The van der Waals surface area contributed by atoms with Crippen LogP contribution in [0.15, 0.2) is 18.2 Å². The first kappa shape index (κ1) is 12.2. The molecule has 1 aliphatic heterocycles. The smallest absolute Gasteiger partial charge is 0.141 e. The minimum atomic E-state index is -0.355. The molecular formula is C12H15ClFNS. The molecular weight excluding hydrogens is 245 g/mol. The zero-order valence-electron chi connectivity index (χ0n) is 9.01. The van der Waals surface area contributed by atoms with E-state index in [2.05, 4.69) is 0 Å². The first-order valence-corrected chi connectivity index (χ1v) is 6.79. The normalized spacial score (nSPS) is 24.9. The van der Waals surface area contributed by atoms with Crippen LogP contribution in [0, 0.1) is 5.82 Å². The molecule has 0 radical (unpaired) electrons. The van der Waals surface area contributed by atoms with Crippen LogP contribution in [-0.2, 0) is 6.42 Å². The number of benzene rings is 1. The summed E-state index contributed by atoms with van der Waals surface area (Å²) in [7, 11) is 0. The van der Waals surface area contributed by atoms with E-state index < -0.39 is 0 Å². The average molecular weight is 260 g/mol. The standard InChI is InChI=1S/C12H15ClFNS/c13-10-6-9(2-3-11(10)14)7-12(8-15)4-1-5-16-12/h2-3,6H,1,4-5,7-8,15H2. The summed E-state index contributed by atoms with van der Waals surface area (Å²) in [6.45, 7) is 0.673. The molecule has 0 bridgehead atoms. The van der Waals surface area contributed by atoms with E-state index in [4.69, 9.17) is 17.3 Å². The molecule has 1 saturated heterocycles. The highest BCUT2D eigenvalue weighted by atomic mass is 35.5. The van der Waals surface area contributed by atoms with Crippen LogP contribution in [0.2, 0.25) is 5.02 Å². The summed E-state index contributed by atoms with van der Waals surface area (Å²) in [6.07, 6.45) is 3.24. The largest absolute Gasteiger partial charge is 0.329 e. The van der Waals surface area contributed by atoms with Gasteiger partial charge in [-0.1, -0.05) is 17.7 Å². The molecule has 16 heavy (non-hydrogen) atoms. The van der Waals surface area contributed by atoms with Crippen LogP contribution in [0.4, 0.5) is 4.39 Å². The Labute approximate surface area is 105 Å². The first-order chi connectivity index (χ1) is 7.65. The lowest BCUT2D eigenvalue weighted by Gasteiger charge is -2.26. The average Bonchev–Trinajstić information content (AvgIpc) is 2.73. The van der Waals surface area contributed by atoms with Gasteiger partial charge in [0.25, 0.3) is 0 Å². The topological polar surface area (TPSA) is 26.0 Å². The van der Waals surface area contributed by atoms with Crippen LogP contribution >= 0.6 is 23.4 Å². The maximum absolute atomic E-state index is 13.0. The van der Waals surface area contributed by atoms with Gasteiger partial charge in [0.2, 0.25) is 0 Å². The van der Waals surface area contributed by atoms with E-state index in [-0.39, 0.29) is 15.6 Å². The second-order valence-corrected chi connectivity index (χ2v) is 6.23. The van der Waals surface area contributed by atoms with E-state index in [1.54, 1.807) is 12.1 Å². The zero-order chi connectivity index (χ0) is 11.6. The monoisotopic (exact) mass is 259 g/mol. The van der Waals surface area contributed by atoms with Crippen LogP contribution in [0.25, 0.3) is 0 Å². The highest BCUT2D eigenvalue weighted by Gasteiger charge is 2.33. The van der Waals surface area contributed by atoms with Gasteiger partial charge in [-0.25, -0.2) is 4.39 Å². The number of thioether (sulfide) groups is 1. The maximum Gasteiger partial charge on any atom is 0.141 e. The lowest BCUT2D eigenvalue weighted by atomic mass is 9.94. The molecule has 0 amide bonds. The minimum absolute atomic E-state index is 0.140. The molecule has 0 aromatic heterocycles. The molecule has 1 atom stereocenters. The van der Waals surface area contributed by atoms with E-state index >= 15 is 0 Å². The molecule has 1 unspecified atom stereocenters. The summed E-state index contributed by atoms with van der Waals surface area (Å²) in [4.78, 5) is 0. The fourth-order valence-corrected chi connectivity index (χ4v) is 3.75. The van der Waals surface area contributed by atoms with Gasteiger partial charge in [0, 0.05) is 11.3 Å². The third-order valence-corrected chi connectivity index (χ3v) is 4.98. The highest BCUT2D eigenvalue weighted by molar-refractivity contribution is 8.00. The molecule has 1 aliphatic rings. The van der Waals surface area contributed by atoms with E-state index in [1.165, 1.54) is 18.2 Å². The van der Waals surface area contributed by atoms with Gasteiger partial charge in [-0.2, -0.15) is 11.8 Å². The quantitative estimate of drug-likeness (QED) is 0.902. The van der Waals surface area contributed by atoms with Gasteiger partial charge in [0.05, 0.1) is 5.02 Å². The molecule has 1 aromatic rings. The van der Waals surface area contributed by atoms with Crippen molar-refractivity contribution in [2.45, 2.75) is 24.0 Å². The van der Waals surface area contributed by atoms with Crippen molar-refractivity contribution in [3.8, 4) is 0 Å². The second kappa shape index (κ2) is 4.94. The van der Waals surface area contributed by atoms with Gasteiger partial charge in [0.1, 0.15) is 5.82 Å². The van der Waals surface area contributed by atoms with Crippen molar-refractivity contribution in [1.82, 2.24) is 0 Å². The van der Waals surface area contributed by atoms with E-state index in [9.17, 15) is 4.39 Å². The van der Waals surface area contributed by atoms with Gasteiger partial charge in [-0.05, 0) is 42.7 Å². The van der Waals surface area contributed by atoms with E-state index in [0.29, 0.717) is 6.54 Å². The molecule has 1 heterocycles. The van der Waals surface area contributed by atoms with Crippen LogP contribution < -0.4 is 5.73 Å². The number of halogens is 2. The maximum atomic E-state index is 13.0. The van der Waals surface area contributed by atoms with Crippen molar-refractivity contribution in [3.05, 3.63) is 34.6 Å². The highest BCUT2D eigenvalue weighted by Crippen LogP contribution is 2.40. The van der Waals surface area contributed by atoms with Gasteiger partial charge in [-0.15, -0.1) is 0 Å². The van der Waals surface area contributed by atoms with Crippen LogP contribution in [0.5, 0.6) is 0 Å². The van der Waals surface area contributed by atoms with Gasteiger partial charge in [-0.3, -0.25) is 0 Å². The third kappa shape index (κ3) is 2.53. The van der Waals surface area contributed by atoms with Crippen molar-refractivity contribution in [2.75, 3.05) is 12.3 Å². The Hall–Kier alpha value is -0.250. The van der Waals surface area contributed by atoms with Crippen LogP contribution in [-0.4, -0.2) is 17.0 Å². The Kier molecular flexibility index (Phi) is 3.77. The molecule has 0 saturated carbocycles. The molecule has 1 nitrogen and oxygen atoms in total. The summed E-state index contributed by atoms with van der Waals surface area (Å²) in [5, 5.41) is 0.202. The third-order valence-electron chi connectivity index (χ3n) is 3.07. The predicted molar refractivity (Wildman–Crippen MR) is 68.6 cm³/mol. The van der Waals surface area contributed by atoms with Crippen molar-refractivity contribution in [1.29, 1.82) is 0 Å². The molecule has 0 spiro atoms. The lowest BCUT2D eigenvalue weighted by Crippen LogP contribution is -2.34. The first-order valence-electron chi connectivity index (χ1n) is 5.43. The fraction of sp³-hybridized carbons (Fsp3) is 0.500. The Morgan fingerprint density at radius 3 is 2.88 bits per heavy atom. The van der Waals surface area contributed by atoms with Crippen molar-refractivity contribution in [3.63, 3.8) is 0 Å². The summed E-state index contributed by atoms with van der Waals surface area (Å²) in [5.74, 6) is 0.817. The molecule has 4 heteroatoms. The van der Waals surface area contributed by atoms with E-state index in [1.807, 2.05) is 11.8 Å². The van der Waals surface area contributed by atoms with Crippen LogP contribution in [0.1, 0.15) is 18.4 Å². The number of rotatable bonds is 3. The Morgan fingerprint density at radius 2 is 2.31 bits per heavy atom. The number of hydrogen-bond donors (Lipinski definition) is 1. The Balaban J connectivity index is 2.16. The van der Waals surface area contributed by atoms with Crippen molar-refractivity contribution in [2.24, 2.45) is 5.73 Å². The van der Waals surface area contributed by atoms with Crippen LogP contribution in [0.3, 0.4) is 0 Å². The van der Waals surface area contributed by atoms with Crippen molar-refractivity contribution < 1.29 is 4.39 Å². The fourth-order valence-electron chi connectivity index (χ4n) is 2.15.